The number of hydrogen-bond acceptors (Lipinski definition) is 24. The third kappa shape index (κ3) is 42.2. The molecule has 2 aromatic rings. The van der Waals surface area contributed by atoms with Crippen LogP contribution in [0.2, 0.25) is 0 Å². The molecule has 21 atom stereocenters. The summed E-state index contributed by atoms with van der Waals surface area (Å²) >= 11 is 0. The van der Waals surface area contributed by atoms with Gasteiger partial charge in [0.25, 0.3) is 0 Å². The largest absolute Gasteiger partial charge is 0.480 e. The highest BCUT2D eigenvalue weighted by Crippen LogP contribution is 2.18. The lowest BCUT2D eigenvalue weighted by Gasteiger charge is -2.31. The normalized spacial score (nSPS) is 16.1. The number of nitrogens with one attached hydrogen (secondary N) is 18. The van der Waals surface area contributed by atoms with Crippen LogP contribution in [0.25, 0.3) is 0 Å². The number of aliphatic carboxylic acids is 1. The maximum absolute atomic E-state index is 14.6. The van der Waals surface area contributed by atoms with Gasteiger partial charge in [-0.05, 0) is 118 Å². The van der Waals surface area contributed by atoms with E-state index < -0.39 is 277 Å². The van der Waals surface area contributed by atoms with Crippen molar-refractivity contribution in [3.05, 3.63) is 71.8 Å². The number of aliphatic hydroxyl groups excluding tert-OH is 4. The minimum absolute atomic E-state index is 0.0100. The standard InChI is InChI=1S/C93H153N19O24/c1-23-52(17)70(94)86(128)105-66(43-113)85(127)98-54(19)77(119)97-55(20)78(120)100-60(35-45(3)4)79(121)96-42-69(118)107-74(53(18)24-2)90(132)102-62(37-47(7)8)81(123)101-64(39-58-31-27-25-28-32-58)80(122)95-41-68(117)99-61(36-46(5)6)83(125)108-72(50(13)14)88(130)109-73(51(15)16)89(131)112-75(56(21)115)91(133)103-63(38-48(9)10)84(126)111-76(57(22)116)92(134)110-71(49(11)12)87(129)104-65(40-59-33-29-26-30-34-59)82(124)106-67(44-114)93(135)136/h25-34,45-57,60-67,70-76,113-116H,23-24,35-44,94H2,1-22H3,(H,95,122)(H,96,121)(H,97,119)(H,98,127)(H,99,117)(H,100,120)(H,101,123)(H,102,132)(H,103,133)(H,104,129)(H,105,128)(H,106,124)(H,107,118)(H,108,125)(H,109,130)(H,110,134)(H,111,126)(H,112,131)(H,135,136)/t52-,53-,54-,55-,56+,57+,60-,61-,62-,63-,64-,65-,66-,67-,70-,71-,72-,73-,74-,75-,76-/m0/s1. The highest BCUT2D eigenvalue weighted by molar-refractivity contribution is 6.02. The van der Waals surface area contributed by atoms with E-state index in [1.807, 2.05) is 6.92 Å². The Morgan fingerprint density at radius 1 is 0.279 bits per heavy atom. The van der Waals surface area contributed by atoms with Crippen LogP contribution in [0.1, 0.15) is 202 Å². The van der Waals surface area contributed by atoms with Crippen molar-refractivity contribution in [1.29, 1.82) is 0 Å². The van der Waals surface area contributed by atoms with Gasteiger partial charge >= 0.3 is 5.97 Å². The minimum atomic E-state index is -1.83. The first-order chi connectivity index (χ1) is 63.5. The lowest BCUT2D eigenvalue weighted by Crippen LogP contribution is -2.64. The monoisotopic (exact) mass is 1920 g/mol. The number of nitrogens with two attached hydrogens (primary N) is 1. The molecule has 0 unspecified atom stereocenters. The Labute approximate surface area is 796 Å². The maximum atomic E-state index is 14.6. The van der Waals surface area contributed by atoms with Gasteiger partial charge in [-0.15, -0.1) is 0 Å². The summed E-state index contributed by atoms with van der Waals surface area (Å²) in [6, 6.07) is -7.50. The van der Waals surface area contributed by atoms with Gasteiger partial charge in [-0.3, -0.25) is 86.3 Å². The van der Waals surface area contributed by atoms with Gasteiger partial charge in [-0.1, -0.05) is 198 Å². The Balaban J connectivity index is 2.33. The predicted molar refractivity (Wildman–Crippen MR) is 503 cm³/mol. The third-order valence-electron chi connectivity index (χ3n) is 22.4. The average Bonchev–Trinajstić information content (AvgIpc) is 0.845. The summed E-state index contributed by atoms with van der Waals surface area (Å²) in [6.07, 6.45) is -2.80. The van der Waals surface area contributed by atoms with Crippen molar-refractivity contribution in [3.63, 3.8) is 0 Å². The number of carboxylic acid groups (broad SMARTS) is 1. The first-order valence-corrected chi connectivity index (χ1v) is 46.6. The zero-order valence-corrected chi connectivity index (χ0v) is 82.5. The van der Waals surface area contributed by atoms with Gasteiger partial charge in [-0.2, -0.15) is 0 Å². The summed E-state index contributed by atoms with van der Waals surface area (Å²) in [5.74, 6) is -21.8. The van der Waals surface area contributed by atoms with Gasteiger partial charge in [0.2, 0.25) is 106 Å². The van der Waals surface area contributed by atoms with Crippen LogP contribution in [0.4, 0.5) is 0 Å². The number of hydrogen-bond donors (Lipinski definition) is 24. The van der Waals surface area contributed by atoms with Crippen LogP contribution in [-0.4, -0.2) is 279 Å². The quantitative estimate of drug-likeness (QED) is 0.0312. The van der Waals surface area contributed by atoms with Gasteiger partial charge in [0, 0.05) is 12.8 Å². The van der Waals surface area contributed by atoms with E-state index in [4.69, 9.17) is 5.73 Å². The van der Waals surface area contributed by atoms with E-state index in [9.17, 15) is 117 Å². The van der Waals surface area contributed by atoms with Gasteiger partial charge < -0.3 is 127 Å². The molecule has 0 fully saturated rings. The van der Waals surface area contributed by atoms with Crippen molar-refractivity contribution in [2.45, 2.75) is 319 Å². The number of carboxylic acids is 1. The second-order valence-electron chi connectivity index (χ2n) is 37.5. The second-order valence-corrected chi connectivity index (χ2v) is 37.5. The van der Waals surface area contributed by atoms with E-state index in [2.05, 4.69) is 95.7 Å². The molecule has 0 spiro atoms. The van der Waals surface area contributed by atoms with Gasteiger partial charge in [0.15, 0.2) is 0 Å². The average molecular weight is 1920 g/mol. The van der Waals surface area contributed by atoms with E-state index >= 15 is 0 Å². The van der Waals surface area contributed by atoms with Crippen molar-refractivity contribution < 1.29 is 117 Å². The SMILES string of the molecule is CC[C@H](C)[C@H](N)C(=O)N[C@@H](CO)C(=O)N[C@@H](C)C(=O)N[C@@H](C)C(=O)N[C@@H](CC(C)C)C(=O)NCC(=O)N[C@H](C(=O)N[C@@H](CC(C)C)C(=O)N[C@@H](Cc1ccccc1)C(=O)NCC(=O)N[C@@H](CC(C)C)C(=O)N[C@H](C(=O)N[C@H](C(=O)N[C@H](C(=O)N[C@@H](CC(C)C)C(=O)N[C@H](C(=O)N[C@H](C(=O)N[C@@H](Cc1ccccc1)C(=O)N[C@@H](CO)C(=O)O)C(C)C)[C@@H](C)O)[C@@H](C)O)C(C)C)C(C)C)[C@@H](C)CC. The van der Waals surface area contributed by atoms with E-state index in [1.165, 1.54) is 13.8 Å². The summed E-state index contributed by atoms with van der Waals surface area (Å²) in [5, 5.41) is 96.6. The van der Waals surface area contributed by atoms with E-state index in [0.29, 0.717) is 24.0 Å². The zero-order valence-electron chi connectivity index (χ0n) is 82.5. The molecular weight excluding hydrogens is 1770 g/mol. The zero-order chi connectivity index (χ0) is 104. The molecule has 0 aromatic heterocycles. The molecule has 0 bridgehead atoms. The molecule has 2 rings (SSSR count). The molecule has 0 radical (unpaired) electrons. The van der Waals surface area contributed by atoms with Crippen LogP contribution >= 0.6 is 0 Å². The first kappa shape index (κ1) is 120. The summed E-state index contributed by atoms with van der Waals surface area (Å²) < 4.78 is 0. The molecule has 43 nitrogen and oxygen atoms in total. The van der Waals surface area contributed by atoms with Crippen LogP contribution < -0.4 is 101 Å². The highest BCUT2D eigenvalue weighted by atomic mass is 16.4. The van der Waals surface area contributed by atoms with Crippen molar-refractivity contribution in [3.8, 4) is 0 Å². The van der Waals surface area contributed by atoms with Crippen molar-refractivity contribution >= 4 is 112 Å². The summed E-state index contributed by atoms with van der Waals surface area (Å²) in [5.41, 5.74) is 7.09. The molecule has 2 aromatic carbocycles. The van der Waals surface area contributed by atoms with Crippen LogP contribution in [0.5, 0.6) is 0 Å². The van der Waals surface area contributed by atoms with Gasteiger partial charge in [0.1, 0.15) is 96.7 Å². The van der Waals surface area contributed by atoms with Crippen LogP contribution in [0, 0.1) is 53.3 Å². The maximum Gasteiger partial charge on any atom is 0.328 e. The highest BCUT2D eigenvalue weighted by Gasteiger charge is 2.42. The molecule has 0 aliphatic carbocycles. The van der Waals surface area contributed by atoms with Crippen molar-refractivity contribution in [2.75, 3.05) is 26.3 Å². The van der Waals surface area contributed by atoms with Crippen molar-refractivity contribution in [1.82, 2.24) is 95.7 Å². The number of aliphatic hydroxyl groups is 4. The molecule has 0 heterocycles. The fourth-order valence-electron chi connectivity index (χ4n) is 13.9. The molecule has 43 heteroatoms. The molecule has 0 aliphatic heterocycles. The summed E-state index contributed by atoms with van der Waals surface area (Å²) in [6.45, 7) is 32.1. The lowest BCUT2D eigenvalue weighted by molar-refractivity contribution is -0.143. The fourth-order valence-corrected chi connectivity index (χ4v) is 13.9. The number of carbonyl (C=O) groups is 19. The van der Waals surface area contributed by atoms with Gasteiger partial charge in [-0.25, -0.2) is 4.79 Å². The second kappa shape index (κ2) is 59.9. The summed E-state index contributed by atoms with van der Waals surface area (Å²) in [7, 11) is 0. The Hall–Kier alpha value is -11.8. The number of rotatable bonds is 60. The fraction of sp³-hybridized carbons (Fsp3) is 0.667. The Morgan fingerprint density at radius 3 is 0.926 bits per heavy atom. The van der Waals surface area contributed by atoms with Crippen LogP contribution in [0.3, 0.4) is 0 Å². The van der Waals surface area contributed by atoms with Crippen molar-refractivity contribution in [2.24, 2.45) is 59.0 Å². The summed E-state index contributed by atoms with van der Waals surface area (Å²) in [4.78, 5) is 263. The van der Waals surface area contributed by atoms with Crippen LogP contribution in [0.15, 0.2) is 60.7 Å². The minimum Gasteiger partial charge on any atom is -0.480 e. The molecule has 0 saturated heterocycles. The van der Waals surface area contributed by atoms with Crippen LogP contribution in [-0.2, 0) is 104 Å². The van der Waals surface area contributed by atoms with E-state index in [-0.39, 0.29) is 68.1 Å². The number of benzene rings is 2. The molecule has 0 aliphatic rings. The topological polar surface area (TPSA) is 668 Å². The first-order valence-electron chi connectivity index (χ1n) is 46.6. The molecule has 136 heavy (non-hydrogen) atoms. The lowest BCUT2D eigenvalue weighted by atomic mass is 9.96. The Morgan fingerprint density at radius 2 is 0.544 bits per heavy atom. The molecule has 764 valence electrons. The Kier molecular flexibility index (Phi) is 53.0. The smallest absolute Gasteiger partial charge is 0.328 e. The van der Waals surface area contributed by atoms with E-state index in [1.54, 1.807) is 178 Å². The molecule has 25 N–H and O–H groups in total. The third-order valence-corrected chi connectivity index (χ3v) is 22.4. The molecule has 0 saturated carbocycles. The number of carbonyl (C=O) groups excluding carboxylic acids is 18. The number of amides is 18. The van der Waals surface area contributed by atoms with Gasteiger partial charge in [0.05, 0.1) is 44.6 Å². The van der Waals surface area contributed by atoms with E-state index in [0.717, 1.165) is 13.8 Å². The predicted octanol–water partition coefficient (Wildman–Crippen LogP) is -3.10. The molecule has 18 amide bonds. The molecular formula is C93H153N19O24. The Bertz CT molecular complexity index is 4290.